The average molecular weight is 320 g/mol. The van der Waals surface area contributed by atoms with Crippen LogP contribution in [0.5, 0.6) is 0 Å². The summed E-state index contributed by atoms with van der Waals surface area (Å²) >= 11 is 0. The normalized spacial score (nSPS) is 12.3. The lowest BCUT2D eigenvalue weighted by Crippen LogP contribution is -2.27. The topological polar surface area (TPSA) is 34.0 Å². The van der Waals surface area contributed by atoms with Gasteiger partial charge in [0.15, 0.2) is 0 Å². The van der Waals surface area contributed by atoms with Crippen molar-refractivity contribution in [3.05, 3.63) is 70.9 Å². The van der Waals surface area contributed by atoms with Gasteiger partial charge in [-0.3, -0.25) is 4.79 Å². The Hall–Kier alpha value is -2.55. The average Bonchev–Trinajstić information content (AvgIpc) is 2.84. The van der Waals surface area contributed by atoms with Crippen LogP contribution in [-0.2, 0) is 7.05 Å². The van der Waals surface area contributed by atoms with Gasteiger partial charge < -0.3 is 9.88 Å². The molecule has 2 aromatic carbocycles. The molecule has 0 fully saturated rings. The Morgan fingerprint density at radius 1 is 1.12 bits per heavy atom. The van der Waals surface area contributed by atoms with Crippen molar-refractivity contribution < 1.29 is 4.79 Å². The van der Waals surface area contributed by atoms with Crippen LogP contribution in [0, 0.1) is 13.8 Å². The Labute approximate surface area is 143 Å². The van der Waals surface area contributed by atoms with Crippen molar-refractivity contribution in [3.63, 3.8) is 0 Å². The number of benzene rings is 2. The number of hydrogen-bond acceptors (Lipinski definition) is 1. The Bertz CT molecular complexity index is 878. The maximum absolute atomic E-state index is 12.5. The van der Waals surface area contributed by atoms with E-state index in [-0.39, 0.29) is 5.91 Å². The molecule has 0 radical (unpaired) electrons. The summed E-state index contributed by atoms with van der Waals surface area (Å²) in [6.07, 6.45) is 0. The second-order valence-corrected chi connectivity index (χ2v) is 6.52. The number of aromatic nitrogens is 1. The highest BCUT2D eigenvalue weighted by molar-refractivity contribution is 5.99. The predicted octanol–water partition coefficient (Wildman–Crippen LogP) is 4.33. The molecule has 0 aliphatic heterocycles. The highest BCUT2D eigenvalue weighted by atomic mass is 16.1. The van der Waals surface area contributed by atoms with Gasteiger partial charge in [0.25, 0.3) is 5.91 Å². The lowest BCUT2D eigenvalue weighted by Gasteiger charge is -2.13. The zero-order valence-corrected chi connectivity index (χ0v) is 14.8. The fourth-order valence-corrected chi connectivity index (χ4v) is 3.14. The molecule has 3 nitrogen and oxygen atoms in total. The second kappa shape index (κ2) is 6.52. The Morgan fingerprint density at radius 2 is 1.83 bits per heavy atom. The number of carbonyl (C=O) groups excluding carboxylic acids is 1. The molecule has 3 aromatic rings. The second-order valence-electron chi connectivity index (χ2n) is 6.52. The zero-order chi connectivity index (χ0) is 17.3. The van der Waals surface area contributed by atoms with Gasteiger partial charge in [0.1, 0.15) is 0 Å². The monoisotopic (exact) mass is 320 g/mol. The maximum Gasteiger partial charge on any atom is 0.251 e. The third-order valence-corrected chi connectivity index (χ3v) is 5.01. The Morgan fingerprint density at radius 3 is 2.54 bits per heavy atom. The van der Waals surface area contributed by atoms with E-state index in [9.17, 15) is 4.79 Å². The molecule has 0 spiro atoms. The van der Waals surface area contributed by atoms with Crippen LogP contribution in [0.2, 0.25) is 0 Å². The minimum atomic E-state index is -0.0133. The van der Waals surface area contributed by atoms with Crippen LogP contribution < -0.4 is 5.32 Å². The minimum Gasteiger partial charge on any atom is -0.351 e. The van der Waals surface area contributed by atoms with Crippen LogP contribution in [0.1, 0.15) is 40.0 Å². The number of amides is 1. The fraction of sp³-hybridized carbons (Fsp3) is 0.286. The van der Waals surface area contributed by atoms with E-state index in [4.69, 9.17) is 0 Å². The molecule has 1 amide bonds. The number of hydrogen-bond donors (Lipinski definition) is 1. The summed E-state index contributed by atoms with van der Waals surface area (Å²) in [6.45, 7) is 6.98. The van der Waals surface area contributed by atoms with Gasteiger partial charge in [-0.15, -0.1) is 0 Å². The van der Waals surface area contributed by atoms with Gasteiger partial charge in [-0.2, -0.15) is 0 Å². The first-order valence-corrected chi connectivity index (χ1v) is 8.38. The van der Waals surface area contributed by atoms with Crippen molar-refractivity contribution in [3.8, 4) is 0 Å². The van der Waals surface area contributed by atoms with Gasteiger partial charge in [0.2, 0.25) is 0 Å². The summed E-state index contributed by atoms with van der Waals surface area (Å²) in [5, 5.41) is 4.21. The highest BCUT2D eigenvalue weighted by Crippen LogP contribution is 2.25. The van der Waals surface area contributed by atoms with Gasteiger partial charge in [-0.05, 0) is 49.1 Å². The van der Waals surface area contributed by atoms with E-state index in [1.54, 1.807) is 0 Å². The highest BCUT2D eigenvalue weighted by Gasteiger charge is 2.13. The van der Waals surface area contributed by atoms with Crippen LogP contribution in [0.15, 0.2) is 48.5 Å². The summed E-state index contributed by atoms with van der Waals surface area (Å²) in [4.78, 5) is 12.5. The minimum absolute atomic E-state index is 0.0133. The van der Waals surface area contributed by atoms with Gasteiger partial charge in [-0.1, -0.05) is 37.3 Å². The first-order valence-electron chi connectivity index (χ1n) is 8.38. The SMILES string of the molecule is Cc1c(C)n(C)c2ccc(C(=O)NC[C@@H](C)c3ccccc3)cc12. The molecule has 0 aliphatic rings. The van der Waals surface area contributed by atoms with E-state index in [0.29, 0.717) is 12.5 Å². The lowest BCUT2D eigenvalue weighted by atomic mass is 10.0. The van der Waals surface area contributed by atoms with Crippen molar-refractivity contribution in [1.82, 2.24) is 9.88 Å². The van der Waals surface area contributed by atoms with Gasteiger partial charge in [0, 0.05) is 35.8 Å². The molecule has 1 atom stereocenters. The predicted molar refractivity (Wildman–Crippen MR) is 99.6 cm³/mol. The number of aryl methyl sites for hydroxylation is 2. The quantitative estimate of drug-likeness (QED) is 0.763. The van der Waals surface area contributed by atoms with E-state index in [2.05, 4.69) is 49.8 Å². The van der Waals surface area contributed by atoms with E-state index < -0.39 is 0 Å². The van der Waals surface area contributed by atoms with Crippen LogP contribution in [0.4, 0.5) is 0 Å². The molecule has 1 aromatic heterocycles. The largest absolute Gasteiger partial charge is 0.351 e. The first kappa shape index (κ1) is 16.3. The van der Waals surface area contributed by atoms with Crippen molar-refractivity contribution in [2.45, 2.75) is 26.7 Å². The molecule has 0 aliphatic carbocycles. The van der Waals surface area contributed by atoms with Gasteiger partial charge >= 0.3 is 0 Å². The molecule has 0 unspecified atom stereocenters. The van der Waals surface area contributed by atoms with E-state index in [1.165, 1.54) is 22.3 Å². The maximum atomic E-state index is 12.5. The number of carbonyl (C=O) groups is 1. The zero-order valence-electron chi connectivity index (χ0n) is 14.8. The summed E-state index contributed by atoms with van der Waals surface area (Å²) in [5.41, 5.74) is 5.60. The molecule has 1 N–H and O–H groups in total. The van der Waals surface area contributed by atoms with Crippen molar-refractivity contribution >= 4 is 16.8 Å². The third-order valence-electron chi connectivity index (χ3n) is 5.01. The lowest BCUT2D eigenvalue weighted by molar-refractivity contribution is 0.0952. The van der Waals surface area contributed by atoms with Crippen LogP contribution in [-0.4, -0.2) is 17.0 Å². The Kier molecular flexibility index (Phi) is 4.43. The summed E-state index contributed by atoms with van der Waals surface area (Å²) < 4.78 is 2.17. The Balaban J connectivity index is 1.76. The van der Waals surface area contributed by atoms with Gasteiger partial charge in [0.05, 0.1) is 0 Å². The number of nitrogens with one attached hydrogen (secondary N) is 1. The van der Waals surface area contributed by atoms with Crippen LogP contribution in [0.3, 0.4) is 0 Å². The number of nitrogens with zero attached hydrogens (tertiary/aromatic N) is 1. The molecule has 1 heterocycles. The molecule has 3 heteroatoms. The molecule has 0 saturated heterocycles. The number of rotatable bonds is 4. The fourth-order valence-electron chi connectivity index (χ4n) is 3.14. The molecule has 124 valence electrons. The van der Waals surface area contributed by atoms with Crippen molar-refractivity contribution in [2.24, 2.45) is 7.05 Å². The molecular formula is C21H24N2O. The molecule has 0 bridgehead atoms. The molecule has 0 saturated carbocycles. The van der Waals surface area contributed by atoms with Crippen molar-refractivity contribution in [2.75, 3.05) is 6.54 Å². The molecular weight excluding hydrogens is 296 g/mol. The third kappa shape index (κ3) is 2.94. The summed E-state index contributed by atoms with van der Waals surface area (Å²) in [6, 6.07) is 16.2. The van der Waals surface area contributed by atoms with Gasteiger partial charge in [-0.25, -0.2) is 0 Å². The van der Waals surface area contributed by atoms with E-state index >= 15 is 0 Å². The van der Waals surface area contributed by atoms with Crippen LogP contribution >= 0.6 is 0 Å². The van der Waals surface area contributed by atoms with E-state index in [0.717, 1.165) is 10.9 Å². The standard InChI is InChI=1S/C21H24N2O/c1-14(17-8-6-5-7-9-17)13-22-21(24)18-10-11-20-19(12-18)15(2)16(3)23(20)4/h5-12,14H,13H2,1-4H3,(H,22,24)/t14-/m1/s1. The first-order chi connectivity index (χ1) is 11.5. The summed E-state index contributed by atoms with van der Waals surface area (Å²) in [7, 11) is 2.06. The van der Waals surface area contributed by atoms with Crippen molar-refractivity contribution in [1.29, 1.82) is 0 Å². The molecule has 24 heavy (non-hydrogen) atoms. The summed E-state index contributed by atoms with van der Waals surface area (Å²) in [5.74, 6) is 0.278. The van der Waals surface area contributed by atoms with E-state index in [1.807, 2.05) is 36.4 Å². The smallest absolute Gasteiger partial charge is 0.251 e. The molecule has 3 rings (SSSR count). The van der Waals surface area contributed by atoms with Crippen LogP contribution in [0.25, 0.3) is 10.9 Å². The number of fused-ring (bicyclic) bond motifs is 1.